The van der Waals surface area contributed by atoms with Crippen molar-refractivity contribution < 1.29 is 4.74 Å². The molecule has 1 atom stereocenters. The van der Waals surface area contributed by atoms with Crippen molar-refractivity contribution in [1.29, 1.82) is 0 Å². The second kappa shape index (κ2) is 4.39. The van der Waals surface area contributed by atoms with Crippen LogP contribution < -0.4 is 0 Å². The van der Waals surface area contributed by atoms with E-state index in [9.17, 15) is 0 Å². The molecule has 0 aromatic heterocycles. The van der Waals surface area contributed by atoms with E-state index in [4.69, 9.17) is 4.74 Å². The first kappa shape index (κ1) is 10.2. The highest BCUT2D eigenvalue weighted by atomic mass is 28.3. The summed E-state index contributed by atoms with van der Waals surface area (Å²) in [5.41, 5.74) is 2.16. The predicted octanol–water partition coefficient (Wildman–Crippen LogP) is 1.22. The third kappa shape index (κ3) is 2.09. The maximum absolute atomic E-state index is 6.02. The largest absolute Gasteiger partial charge is 0.382 e. The number of hydrogen-bond acceptors (Lipinski definition) is 1. The molecule has 1 rings (SSSR count). The molecule has 0 bridgehead atoms. The van der Waals surface area contributed by atoms with Crippen molar-refractivity contribution in [3.8, 4) is 0 Å². The summed E-state index contributed by atoms with van der Waals surface area (Å²) >= 11 is 0. The van der Waals surface area contributed by atoms with Gasteiger partial charge in [-0.25, -0.2) is 0 Å². The van der Waals surface area contributed by atoms with Gasteiger partial charge in [0, 0.05) is 11.5 Å². The standard InChI is InChI=1S/C9H20OSi2/c1-4-11-9(12(2)3)7-5-6-8-10-9/h4,12H,1,5-8,11H2,2-3H3. The van der Waals surface area contributed by atoms with Gasteiger partial charge in [0.1, 0.15) is 0 Å². The molecule has 0 aromatic carbocycles. The van der Waals surface area contributed by atoms with Crippen LogP contribution in [0.5, 0.6) is 0 Å². The minimum absolute atomic E-state index is 0.175. The molecule has 0 N–H and O–H groups in total. The van der Waals surface area contributed by atoms with Crippen LogP contribution in [0.3, 0.4) is 0 Å². The van der Waals surface area contributed by atoms with Gasteiger partial charge in [0.15, 0.2) is 0 Å². The van der Waals surface area contributed by atoms with E-state index in [0.29, 0.717) is 4.85 Å². The lowest BCUT2D eigenvalue weighted by atomic mass is 10.2. The van der Waals surface area contributed by atoms with Gasteiger partial charge in [-0.3, -0.25) is 0 Å². The van der Waals surface area contributed by atoms with Gasteiger partial charge < -0.3 is 4.74 Å². The van der Waals surface area contributed by atoms with Gasteiger partial charge in [0.05, 0.1) is 18.3 Å². The van der Waals surface area contributed by atoms with Crippen molar-refractivity contribution in [2.24, 2.45) is 0 Å². The van der Waals surface area contributed by atoms with Crippen molar-refractivity contribution in [1.82, 2.24) is 0 Å². The third-order valence-electron chi connectivity index (χ3n) is 2.93. The Kier molecular flexibility index (Phi) is 3.74. The first-order chi connectivity index (χ1) is 5.71. The molecule has 1 heterocycles. The van der Waals surface area contributed by atoms with Gasteiger partial charge in [-0.1, -0.05) is 13.1 Å². The van der Waals surface area contributed by atoms with Crippen molar-refractivity contribution >= 4 is 18.3 Å². The number of ether oxygens (including phenoxy) is 1. The van der Waals surface area contributed by atoms with E-state index in [-0.39, 0.29) is 9.52 Å². The van der Waals surface area contributed by atoms with Crippen molar-refractivity contribution in [3.63, 3.8) is 0 Å². The van der Waals surface area contributed by atoms with Crippen LogP contribution in [0.15, 0.2) is 12.3 Å². The lowest BCUT2D eigenvalue weighted by Gasteiger charge is -2.39. The maximum atomic E-state index is 6.02. The zero-order valence-electron chi connectivity index (χ0n) is 8.31. The number of rotatable bonds is 3. The normalized spacial score (nSPS) is 31.6. The molecular formula is C9H20OSi2. The second-order valence-electron chi connectivity index (χ2n) is 4.02. The van der Waals surface area contributed by atoms with Crippen molar-refractivity contribution in [3.05, 3.63) is 12.3 Å². The van der Waals surface area contributed by atoms with Crippen LogP contribution in [0.4, 0.5) is 0 Å². The van der Waals surface area contributed by atoms with Gasteiger partial charge in [0.2, 0.25) is 0 Å². The van der Waals surface area contributed by atoms with Crippen molar-refractivity contribution in [2.75, 3.05) is 6.61 Å². The topological polar surface area (TPSA) is 9.23 Å². The smallest absolute Gasteiger partial charge is 0.0782 e. The SMILES string of the molecule is C=C[SiH2]C1([SiH](C)C)CCCCO1. The average Bonchev–Trinajstić information content (AvgIpc) is 2.06. The van der Waals surface area contributed by atoms with Crippen LogP contribution in [-0.4, -0.2) is 29.8 Å². The molecule has 0 saturated carbocycles. The molecule has 0 aromatic rings. The van der Waals surface area contributed by atoms with E-state index >= 15 is 0 Å². The summed E-state index contributed by atoms with van der Waals surface area (Å²) in [6, 6.07) is 0. The maximum Gasteiger partial charge on any atom is 0.0782 e. The predicted molar refractivity (Wildman–Crippen MR) is 60.2 cm³/mol. The highest BCUT2D eigenvalue weighted by Gasteiger charge is 2.35. The first-order valence-electron chi connectivity index (χ1n) is 4.96. The molecular weight excluding hydrogens is 180 g/mol. The Morgan fingerprint density at radius 3 is 2.67 bits per heavy atom. The number of hydrogen-bond donors (Lipinski definition) is 0. The fraction of sp³-hybridized carbons (Fsp3) is 0.778. The zero-order chi connectivity index (χ0) is 9.03. The van der Waals surface area contributed by atoms with E-state index in [0.717, 1.165) is 6.61 Å². The van der Waals surface area contributed by atoms with Gasteiger partial charge in [-0.05, 0) is 19.3 Å². The summed E-state index contributed by atoms with van der Waals surface area (Å²) in [7, 11) is -0.812. The van der Waals surface area contributed by atoms with E-state index in [1.54, 1.807) is 0 Å². The molecule has 1 unspecified atom stereocenters. The molecule has 3 heteroatoms. The lowest BCUT2D eigenvalue weighted by molar-refractivity contribution is 0.0318. The lowest BCUT2D eigenvalue weighted by Crippen LogP contribution is -2.51. The van der Waals surface area contributed by atoms with Gasteiger partial charge >= 0.3 is 0 Å². The molecule has 1 aliphatic rings. The van der Waals surface area contributed by atoms with Crippen LogP contribution in [0.2, 0.25) is 13.1 Å². The van der Waals surface area contributed by atoms with Crippen molar-refractivity contribution in [2.45, 2.75) is 37.2 Å². The second-order valence-corrected chi connectivity index (χ2v) is 10.4. The Hall–Kier alpha value is 0.134. The monoisotopic (exact) mass is 200 g/mol. The minimum atomic E-state index is -0.637. The molecule has 1 saturated heterocycles. The van der Waals surface area contributed by atoms with Crippen LogP contribution in [0.25, 0.3) is 0 Å². The third-order valence-corrected chi connectivity index (χ3v) is 10.2. The molecule has 0 amide bonds. The molecule has 1 fully saturated rings. The Labute approximate surface area is 79.6 Å². The van der Waals surface area contributed by atoms with E-state index in [2.05, 4.69) is 25.4 Å². The molecule has 0 spiro atoms. The summed E-state index contributed by atoms with van der Waals surface area (Å²) in [5, 5.41) is 0. The average molecular weight is 200 g/mol. The van der Waals surface area contributed by atoms with Gasteiger partial charge in [-0.15, -0.1) is 12.3 Å². The summed E-state index contributed by atoms with van der Waals surface area (Å²) < 4.78 is 6.02. The summed E-state index contributed by atoms with van der Waals surface area (Å²) in [5.74, 6) is 0. The quantitative estimate of drug-likeness (QED) is 0.623. The fourth-order valence-electron chi connectivity index (χ4n) is 1.97. The van der Waals surface area contributed by atoms with Gasteiger partial charge in [0.25, 0.3) is 0 Å². The Morgan fingerprint density at radius 1 is 1.50 bits per heavy atom. The highest BCUT2D eigenvalue weighted by Crippen LogP contribution is 2.26. The summed E-state index contributed by atoms with van der Waals surface area (Å²) in [4.78, 5) is 0.389. The Bertz CT molecular complexity index is 151. The molecule has 70 valence electrons. The van der Waals surface area contributed by atoms with Crippen LogP contribution in [-0.2, 0) is 4.74 Å². The van der Waals surface area contributed by atoms with Crippen LogP contribution in [0, 0.1) is 0 Å². The Balaban J connectivity index is 2.62. The minimum Gasteiger partial charge on any atom is -0.382 e. The Morgan fingerprint density at radius 2 is 2.25 bits per heavy atom. The van der Waals surface area contributed by atoms with Gasteiger partial charge in [-0.2, -0.15) is 0 Å². The zero-order valence-corrected chi connectivity index (χ0v) is 10.9. The van der Waals surface area contributed by atoms with Crippen LogP contribution in [0.1, 0.15) is 19.3 Å². The fourth-order valence-corrected chi connectivity index (χ4v) is 6.79. The summed E-state index contributed by atoms with van der Waals surface area (Å²) in [6.07, 6.45) is 3.98. The summed E-state index contributed by atoms with van der Waals surface area (Å²) in [6.45, 7) is 9.73. The molecule has 1 nitrogen and oxygen atoms in total. The molecule has 0 radical (unpaired) electrons. The molecule has 0 aliphatic carbocycles. The molecule has 1 aliphatic heterocycles. The molecule has 12 heavy (non-hydrogen) atoms. The highest BCUT2D eigenvalue weighted by molar-refractivity contribution is 6.74. The van der Waals surface area contributed by atoms with E-state index in [1.807, 2.05) is 0 Å². The van der Waals surface area contributed by atoms with E-state index in [1.165, 1.54) is 19.3 Å². The first-order valence-corrected chi connectivity index (χ1v) is 9.37. The van der Waals surface area contributed by atoms with E-state index < -0.39 is 8.80 Å². The van der Waals surface area contributed by atoms with Crippen LogP contribution >= 0.6 is 0 Å².